The molecule has 0 aliphatic heterocycles. The Morgan fingerprint density at radius 2 is 1.76 bits per heavy atom. The molecule has 3 heteroatoms. The lowest BCUT2D eigenvalue weighted by Gasteiger charge is -2.21. The molecular weight excluding hydrogens is 214 g/mol. The normalized spacial score (nSPS) is 10.3. The number of rotatable bonds is 10. The number of hydrogen-bond donors (Lipinski definition) is 0. The molecule has 0 unspecified atom stereocenters. The predicted octanol–water partition coefficient (Wildman–Crippen LogP) is 3.36. The SMILES string of the molecule is C=C(C)C(=O)N(CCCCCCCC)COC. The number of amides is 1. The molecule has 0 aliphatic carbocycles. The highest BCUT2D eigenvalue weighted by Crippen LogP contribution is 2.07. The van der Waals surface area contributed by atoms with E-state index < -0.39 is 0 Å². The second kappa shape index (κ2) is 10.3. The molecule has 0 fully saturated rings. The molecule has 0 saturated heterocycles. The Labute approximate surface area is 106 Å². The van der Waals surface area contributed by atoms with Crippen LogP contribution in [0.25, 0.3) is 0 Å². The van der Waals surface area contributed by atoms with E-state index in [1.54, 1.807) is 18.9 Å². The minimum atomic E-state index is 0.000378. The molecule has 0 atom stereocenters. The third kappa shape index (κ3) is 7.97. The van der Waals surface area contributed by atoms with Gasteiger partial charge in [-0.15, -0.1) is 0 Å². The summed E-state index contributed by atoms with van der Waals surface area (Å²) in [5.41, 5.74) is 0.577. The molecule has 0 aliphatic rings. The molecule has 1 amide bonds. The first-order chi connectivity index (χ1) is 8.13. The zero-order valence-electron chi connectivity index (χ0n) is 11.6. The molecule has 0 N–H and O–H groups in total. The molecule has 0 bridgehead atoms. The van der Waals surface area contributed by atoms with E-state index in [0.29, 0.717) is 12.3 Å². The first-order valence-electron chi connectivity index (χ1n) is 6.57. The van der Waals surface area contributed by atoms with Crippen molar-refractivity contribution < 1.29 is 9.53 Å². The number of nitrogens with zero attached hydrogens (tertiary/aromatic N) is 1. The van der Waals surface area contributed by atoms with Crippen molar-refractivity contribution in [1.82, 2.24) is 4.90 Å². The number of carbonyl (C=O) groups is 1. The molecule has 3 nitrogen and oxygen atoms in total. The summed E-state index contributed by atoms with van der Waals surface area (Å²) in [7, 11) is 1.61. The van der Waals surface area contributed by atoms with Gasteiger partial charge in [-0.05, 0) is 13.3 Å². The van der Waals surface area contributed by atoms with Gasteiger partial charge in [0.25, 0.3) is 5.91 Å². The molecule has 0 aromatic heterocycles. The van der Waals surface area contributed by atoms with E-state index in [1.165, 1.54) is 32.1 Å². The minimum Gasteiger partial charge on any atom is -0.364 e. The summed E-state index contributed by atoms with van der Waals surface area (Å²) in [6.07, 6.45) is 7.37. The maximum atomic E-state index is 11.7. The Balaban J connectivity index is 3.77. The van der Waals surface area contributed by atoms with E-state index in [2.05, 4.69) is 13.5 Å². The molecular formula is C14H27NO2. The molecule has 0 heterocycles. The summed E-state index contributed by atoms with van der Waals surface area (Å²) < 4.78 is 5.03. The van der Waals surface area contributed by atoms with Gasteiger partial charge in [0.1, 0.15) is 6.73 Å². The van der Waals surface area contributed by atoms with E-state index >= 15 is 0 Å². The maximum Gasteiger partial charge on any atom is 0.250 e. The Bertz CT molecular complexity index is 226. The predicted molar refractivity (Wildman–Crippen MR) is 71.8 cm³/mol. The molecule has 0 rings (SSSR count). The number of unbranched alkanes of at least 4 members (excludes halogenated alkanes) is 5. The van der Waals surface area contributed by atoms with Crippen molar-refractivity contribution in [3.63, 3.8) is 0 Å². The summed E-state index contributed by atoms with van der Waals surface area (Å²) in [5.74, 6) is 0.000378. The summed E-state index contributed by atoms with van der Waals surface area (Å²) >= 11 is 0. The van der Waals surface area contributed by atoms with Crippen LogP contribution in [0.15, 0.2) is 12.2 Å². The third-order valence-corrected chi connectivity index (χ3v) is 2.72. The van der Waals surface area contributed by atoms with Crippen LogP contribution >= 0.6 is 0 Å². The number of carbonyl (C=O) groups excluding carboxylic acids is 1. The average molecular weight is 241 g/mol. The lowest BCUT2D eigenvalue weighted by Crippen LogP contribution is -2.34. The topological polar surface area (TPSA) is 29.5 Å². The maximum absolute atomic E-state index is 11.7. The van der Waals surface area contributed by atoms with Gasteiger partial charge in [0.2, 0.25) is 0 Å². The van der Waals surface area contributed by atoms with Crippen molar-refractivity contribution in [2.24, 2.45) is 0 Å². The van der Waals surface area contributed by atoms with Gasteiger partial charge in [-0.2, -0.15) is 0 Å². The van der Waals surface area contributed by atoms with E-state index in [1.807, 2.05) is 0 Å². The highest BCUT2D eigenvalue weighted by molar-refractivity contribution is 5.92. The van der Waals surface area contributed by atoms with Gasteiger partial charge in [0.15, 0.2) is 0 Å². The van der Waals surface area contributed by atoms with Crippen LogP contribution in [0.1, 0.15) is 52.4 Å². The first-order valence-corrected chi connectivity index (χ1v) is 6.57. The molecule has 0 spiro atoms. The standard InChI is InChI=1S/C14H27NO2/c1-5-6-7-8-9-10-11-15(12-17-4)14(16)13(2)3/h2,5-12H2,1,3-4H3. The quantitative estimate of drug-likeness (QED) is 0.333. The third-order valence-electron chi connectivity index (χ3n) is 2.72. The van der Waals surface area contributed by atoms with Gasteiger partial charge in [0, 0.05) is 19.2 Å². The Morgan fingerprint density at radius 1 is 1.18 bits per heavy atom. The molecule has 0 aromatic carbocycles. The van der Waals surface area contributed by atoms with Crippen LogP contribution in [0, 0.1) is 0 Å². The lowest BCUT2D eigenvalue weighted by molar-refractivity contribution is -0.131. The van der Waals surface area contributed by atoms with Crippen molar-refractivity contribution in [1.29, 1.82) is 0 Å². The molecule has 17 heavy (non-hydrogen) atoms. The van der Waals surface area contributed by atoms with Crippen LogP contribution in [-0.2, 0) is 9.53 Å². The Morgan fingerprint density at radius 3 is 2.29 bits per heavy atom. The van der Waals surface area contributed by atoms with Crippen molar-refractivity contribution in [2.75, 3.05) is 20.4 Å². The monoisotopic (exact) mass is 241 g/mol. The van der Waals surface area contributed by atoms with Gasteiger partial charge < -0.3 is 9.64 Å². The fourth-order valence-corrected chi connectivity index (χ4v) is 1.73. The smallest absolute Gasteiger partial charge is 0.250 e. The molecule has 0 saturated carbocycles. The van der Waals surface area contributed by atoms with Crippen molar-refractivity contribution in [2.45, 2.75) is 52.4 Å². The zero-order valence-corrected chi connectivity index (χ0v) is 11.6. The van der Waals surface area contributed by atoms with Crippen LogP contribution in [-0.4, -0.2) is 31.2 Å². The Hall–Kier alpha value is -0.830. The van der Waals surface area contributed by atoms with Gasteiger partial charge in [0.05, 0.1) is 0 Å². The fraction of sp³-hybridized carbons (Fsp3) is 0.786. The number of methoxy groups -OCH3 is 1. The van der Waals surface area contributed by atoms with E-state index in [4.69, 9.17) is 4.74 Å². The summed E-state index contributed by atoms with van der Waals surface area (Å²) in [5, 5.41) is 0. The largest absolute Gasteiger partial charge is 0.364 e. The first kappa shape index (κ1) is 16.2. The summed E-state index contributed by atoms with van der Waals surface area (Å²) in [4.78, 5) is 13.5. The van der Waals surface area contributed by atoms with Crippen molar-refractivity contribution in [3.05, 3.63) is 12.2 Å². The highest BCUT2D eigenvalue weighted by atomic mass is 16.5. The second-order valence-electron chi connectivity index (χ2n) is 4.53. The fourth-order valence-electron chi connectivity index (χ4n) is 1.73. The van der Waals surface area contributed by atoms with Gasteiger partial charge in [-0.25, -0.2) is 0 Å². The van der Waals surface area contributed by atoms with Crippen LogP contribution in [0.3, 0.4) is 0 Å². The summed E-state index contributed by atoms with van der Waals surface area (Å²) in [6.45, 7) is 8.77. The van der Waals surface area contributed by atoms with Crippen molar-refractivity contribution >= 4 is 5.91 Å². The lowest BCUT2D eigenvalue weighted by atomic mass is 10.1. The second-order valence-corrected chi connectivity index (χ2v) is 4.53. The average Bonchev–Trinajstić information content (AvgIpc) is 2.31. The molecule has 0 radical (unpaired) electrons. The van der Waals surface area contributed by atoms with Crippen LogP contribution in [0.5, 0.6) is 0 Å². The van der Waals surface area contributed by atoms with E-state index in [9.17, 15) is 4.79 Å². The molecule has 0 aromatic rings. The van der Waals surface area contributed by atoms with Crippen LogP contribution in [0.2, 0.25) is 0 Å². The van der Waals surface area contributed by atoms with Gasteiger partial charge >= 0.3 is 0 Å². The number of ether oxygens (including phenoxy) is 1. The molecule has 100 valence electrons. The Kier molecular flexibility index (Phi) is 9.83. The van der Waals surface area contributed by atoms with Crippen LogP contribution in [0.4, 0.5) is 0 Å². The van der Waals surface area contributed by atoms with Crippen molar-refractivity contribution in [3.8, 4) is 0 Å². The van der Waals surface area contributed by atoms with Gasteiger partial charge in [-0.3, -0.25) is 4.79 Å². The zero-order chi connectivity index (χ0) is 13.1. The van der Waals surface area contributed by atoms with Gasteiger partial charge in [-0.1, -0.05) is 45.6 Å². The number of hydrogen-bond acceptors (Lipinski definition) is 2. The van der Waals surface area contributed by atoms with Crippen LogP contribution < -0.4 is 0 Å². The summed E-state index contributed by atoms with van der Waals surface area (Å²) in [6, 6.07) is 0. The van der Waals surface area contributed by atoms with E-state index in [-0.39, 0.29) is 5.91 Å². The highest BCUT2D eigenvalue weighted by Gasteiger charge is 2.12. The minimum absolute atomic E-state index is 0.000378. The van der Waals surface area contributed by atoms with E-state index in [0.717, 1.165) is 13.0 Å².